The second-order valence-corrected chi connectivity index (χ2v) is 6.34. The largest absolute Gasteiger partial charge is 0.356 e. The van der Waals surface area contributed by atoms with E-state index < -0.39 is 20.6 Å². The van der Waals surface area contributed by atoms with Crippen LogP contribution in [0.2, 0.25) is 0 Å². The van der Waals surface area contributed by atoms with E-state index in [2.05, 4.69) is 5.16 Å². The van der Waals surface area contributed by atoms with E-state index in [9.17, 15) is 12.8 Å². The smallest absolute Gasteiger partial charge is 0.220 e. The first-order valence-corrected chi connectivity index (χ1v) is 6.36. The predicted octanol–water partition coefficient (Wildman–Crippen LogP) is 1.49. The molecular weight excluding hydrogens is 247 g/mol. The van der Waals surface area contributed by atoms with Crippen molar-refractivity contribution in [1.82, 2.24) is 5.16 Å². The van der Waals surface area contributed by atoms with Crippen LogP contribution in [0.5, 0.6) is 0 Å². The first-order valence-electron chi connectivity index (χ1n) is 4.81. The molecule has 0 atom stereocenters. The lowest BCUT2D eigenvalue weighted by atomic mass is 10.1. The molecular formula is C10H11FN2O3S. The maximum atomic E-state index is 13.1. The van der Waals surface area contributed by atoms with Crippen LogP contribution in [-0.4, -0.2) is 13.6 Å². The molecule has 2 N–H and O–H groups in total. The quantitative estimate of drug-likeness (QED) is 0.884. The van der Waals surface area contributed by atoms with E-state index in [4.69, 9.17) is 9.66 Å². The first kappa shape index (κ1) is 12.0. The average molecular weight is 258 g/mol. The summed E-state index contributed by atoms with van der Waals surface area (Å²) in [6, 6.07) is 3.77. The van der Waals surface area contributed by atoms with Crippen LogP contribution in [0.3, 0.4) is 0 Å². The van der Waals surface area contributed by atoms with Crippen molar-refractivity contribution < 1.29 is 17.3 Å². The van der Waals surface area contributed by atoms with Crippen molar-refractivity contribution in [2.45, 2.75) is 18.6 Å². The molecule has 2 aromatic rings. The van der Waals surface area contributed by atoms with Gasteiger partial charge < -0.3 is 4.52 Å². The Bertz CT molecular complexity index is 676. The van der Waals surface area contributed by atoms with Gasteiger partial charge >= 0.3 is 0 Å². The van der Waals surface area contributed by atoms with Gasteiger partial charge in [-0.3, -0.25) is 0 Å². The number of rotatable bonds is 2. The Hall–Kier alpha value is -1.47. The van der Waals surface area contributed by atoms with Crippen LogP contribution in [-0.2, 0) is 14.8 Å². The third kappa shape index (κ3) is 1.81. The number of benzene rings is 1. The second kappa shape index (κ2) is 3.51. The van der Waals surface area contributed by atoms with Gasteiger partial charge in [0.1, 0.15) is 16.3 Å². The third-order valence-electron chi connectivity index (χ3n) is 2.71. The Kier molecular flexibility index (Phi) is 2.48. The molecule has 7 heteroatoms. The summed E-state index contributed by atoms with van der Waals surface area (Å²) in [7, 11) is -3.87. The van der Waals surface area contributed by atoms with Crippen LogP contribution in [0, 0.1) is 5.82 Å². The number of aromatic nitrogens is 1. The van der Waals surface area contributed by atoms with Crippen LogP contribution >= 0.6 is 0 Å². The number of fused-ring (bicyclic) bond motifs is 1. The Labute approximate surface area is 97.4 Å². The van der Waals surface area contributed by atoms with Gasteiger partial charge in [-0.1, -0.05) is 5.16 Å². The molecule has 2 rings (SSSR count). The molecule has 0 saturated carbocycles. The lowest BCUT2D eigenvalue weighted by Crippen LogP contribution is -2.35. The van der Waals surface area contributed by atoms with Gasteiger partial charge in [0.05, 0.1) is 0 Å². The normalized spacial score (nSPS) is 13.2. The molecule has 1 heterocycles. The highest BCUT2D eigenvalue weighted by atomic mass is 32.2. The van der Waals surface area contributed by atoms with E-state index in [0.29, 0.717) is 11.0 Å². The van der Waals surface area contributed by atoms with Gasteiger partial charge in [-0.25, -0.2) is 17.9 Å². The summed E-state index contributed by atoms with van der Waals surface area (Å²) in [5, 5.41) is 9.11. The molecule has 0 saturated heterocycles. The van der Waals surface area contributed by atoms with E-state index in [0.717, 1.165) is 0 Å². The maximum absolute atomic E-state index is 13.1. The fraction of sp³-hybridized carbons (Fsp3) is 0.300. The van der Waals surface area contributed by atoms with Gasteiger partial charge in [0.2, 0.25) is 10.0 Å². The van der Waals surface area contributed by atoms with Gasteiger partial charge in [-0.2, -0.15) is 0 Å². The highest BCUT2D eigenvalue weighted by molar-refractivity contribution is 7.90. The number of nitrogens with zero attached hydrogens (tertiary/aromatic N) is 1. The Morgan fingerprint density at radius 2 is 2.06 bits per heavy atom. The molecule has 0 spiro atoms. The van der Waals surface area contributed by atoms with Crippen molar-refractivity contribution in [3.05, 3.63) is 29.7 Å². The van der Waals surface area contributed by atoms with Gasteiger partial charge in [-0.15, -0.1) is 0 Å². The van der Waals surface area contributed by atoms with Gasteiger partial charge in [0.15, 0.2) is 5.58 Å². The number of halogens is 1. The monoisotopic (exact) mass is 258 g/mol. The molecule has 0 bridgehead atoms. The van der Waals surface area contributed by atoms with Crippen LogP contribution in [0.25, 0.3) is 11.0 Å². The number of hydrogen-bond donors (Lipinski definition) is 1. The molecule has 0 aliphatic heterocycles. The minimum absolute atomic E-state index is 0.106. The predicted molar refractivity (Wildman–Crippen MR) is 60.1 cm³/mol. The molecule has 0 aliphatic carbocycles. The van der Waals surface area contributed by atoms with E-state index in [1.807, 2.05) is 0 Å². The summed E-state index contributed by atoms with van der Waals surface area (Å²) in [5.41, 5.74) is 0.424. The summed E-state index contributed by atoms with van der Waals surface area (Å²) in [6.45, 7) is 2.79. The van der Waals surface area contributed by atoms with Crippen molar-refractivity contribution in [3.63, 3.8) is 0 Å². The molecule has 0 aliphatic rings. The molecule has 1 aromatic heterocycles. The first-order chi connectivity index (χ1) is 7.73. The minimum atomic E-state index is -3.87. The highest BCUT2D eigenvalue weighted by Gasteiger charge is 2.38. The van der Waals surface area contributed by atoms with Gasteiger partial charge in [0, 0.05) is 5.39 Å². The molecule has 0 unspecified atom stereocenters. The Balaban J connectivity index is 2.76. The van der Waals surface area contributed by atoms with Crippen LogP contribution in [0.1, 0.15) is 19.5 Å². The Morgan fingerprint density at radius 3 is 2.65 bits per heavy atom. The average Bonchev–Trinajstić information content (AvgIpc) is 2.58. The minimum Gasteiger partial charge on any atom is -0.356 e. The van der Waals surface area contributed by atoms with E-state index in [1.54, 1.807) is 0 Å². The SMILES string of the molecule is CC(C)(c1noc2ccc(F)cc12)S(N)(=O)=O. The zero-order chi connectivity index (χ0) is 12.8. The molecule has 0 radical (unpaired) electrons. The fourth-order valence-corrected chi connectivity index (χ4v) is 1.90. The van der Waals surface area contributed by atoms with Gasteiger partial charge in [0.25, 0.3) is 0 Å². The van der Waals surface area contributed by atoms with Crippen molar-refractivity contribution in [1.29, 1.82) is 0 Å². The zero-order valence-corrected chi connectivity index (χ0v) is 10.1. The lowest BCUT2D eigenvalue weighted by Gasteiger charge is -2.18. The second-order valence-electron chi connectivity index (χ2n) is 4.23. The van der Waals surface area contributed by atoms with Crippen LogP contribution < -0.4 is 5.14 Å². The maximum Gasteiger partial charge on any atom is 0.220 e. The van der Waals surface area contributed by atoms with Crippen molar-refractivity contribution in [3.8, 4) is 0 Å². The fourth-order valence-electron chi connectivity index (χ4n) is 1.48. The molecule has 0 amide bonds. The van der Waals surface area contributed by atoms with Crippen molar-refractivity contribution in [2.24, 2.45) is 5.14 Å². The Morgan fingerprint density at radius 1 is 1.41 bits per heavy atom. The van der Waals surface area contributed by atoms with Crippen molar-refractivity contribution >= 4 is 21.0 Å². The number of hydrogen-bond acceptors (Lipinski definition) is 4. The van der Waals surface area contributed by atoms with E-state index in [-0.39, 0.29) is 5.69 Å². The summed E-state index contributed by atoms with van der Waals surface area (Å²) < 4.78 is 39.6. The lowest BCUT2D eigenvalue weighted by molar-refractivity contribution is 0.432. The summed E-state index contributed by atoms with van der Waals surface area (Å²) in [4.78, 5) is 0. The third-order valence-corrected chi connectivity index (χ3v) is 4.33. The van der Waals surface area contributed by atoms with E-state index in [1.165, 1.54) is 32.0 Å². The number of primary sulfonamides is 1. The summed E-state index contributed by atoms with van der Waals surface area (Å²) >= 11 is 0. The molecule has 17 heavy (non-hydrogen) atoms. The van der Waals surface area contributed by atoms with E-state index >= 15 is 0 Å². The standard InChI is InChI=1S/C10H11FN2O3S/c1-10(2,17(12,14)15)9-7-5-6(11)3-4-8(7)16-13-9/h3-5H,1-2H3,(H2,12,14,15). The molecule has 5 nitrogen and oxygen atoms in total. The zero-order valence-electron chi connectivity index (χ0n) is 9.27. The highest BCUT2D eigenvalue weighted by Crippen LogP contribution is 2.32. The molecule has 1 aromatic carbocycles. The summed E-state index contributed by atoms with van der Waals surface area (Å²) in [6.07, 6.45) is 0. The number of nitrogens with two attached hydrogens (primary N) is 1. The topological polar surface area (TPSA) is 86.2 Å². The van der Waals surface area contributed by atoms with Gasteiger partial charge in [-0.05, 0) is 32.0 Å². The molecule has 92 valence electrons. The number of sulfonamides is 1. The van der Waals surface area contributed by atoms with Crippen LogP contribution in [0.4, 0.5) is 4.39 Å². The van der Waals surface area contributed by atoms with Crippen molar-refractivity contribution in [2.75, 3.05) is 0 Å². The van der Waals surface area contributed by atoms with Crippen LogP contribution in [0.15, 0.2) is 22.7 Å². The molecule has 0 fully saturated rings. The summed E-state index contributed by atoms with van der Waals surface area (Å²) in [5.74, 6) is -0.493.